The van der Waals surface area contributed by atoms with Crippen LogP contribution < -0.4 is 0 Å². The Kier molecular flexibility index (Phi) is 44.9. The second-order valence-corrected chi connectivity index (χ2v) is 20.3. The second-order valence-electron chi connectivity index (χ2n) is 20.3. The summed E-state index contributed by atoms with van der Waals surface area (Å²) in [6.45, 7) is 5.96. The number of allylic oxidation sites excluding steroid dienone is 4. The van der Waals surface area contributed by atoms with Crippen LogP contribution in [-0.4, -0.2) is 89.2 Å². The molecule has 1 aliphatic heterocycles. The molecule has 1 heterocycles. The van der Waals surface area contributed by atoms with Crippen molar-refractivity contribution in [3.05, 3.63) is 24.3 Å². The van der Waals surface area contributed by atoms with Crippen LogP contribution in [0.2, 0.25) is 0 Å². The summed E-state index contributed by atoms with van der Waals surface area (Å²) in [5, 5.41) is 31.4. The van der Waals surface area contributed by atoms with Crippen LogP contribution in [-0.2, 0) is 42.9 Å². The summed E-state index contributed by atoms with van der Waals surface area (Å²) in [6.07, 6.45) is 41.6. The van der Waals surface area contributed by atoms with Crippen molar-refractivity contribution in [3.63, 3.8) is 0 Å². The number of esters is 3. The van der Waals surface area contributed by atoms with Gasteiger partial charge in [-0.1, -0.05) is 231 Å². The zero-order chi connectivity index (χ0) is 51.8. The first-order valence-electron chi connectivity index (χ1n) is 29.3. The fourth-order valence-electron chi connectivity index (χ4n) is 8.99. The van der Waals surface area contributed by atoms with Crippen molar-refractivity contribution < 1.29 is 58.2 Å². The third-order valence-corrected chi connectivity index (χ3v) is 13.5. The lowest BCUT2D eigenvalue weighted by Gasteiger charge is -2.40. The first-order chi connectivity index (χ1) is 34.6. The molecule has 1 fully saturated rings. The van der Waals surface area contributed by atoms with Crippen molar-refractivity contribution in [3.8, 4) is 0 Å². The summed E-state index contributed by atoms with van der Waals surface area (Å²) in [5.74, 6) is -3.10. The number of aliphatic hydroxyl groups excluding tert-OH is 2. The normalized spacial score (nSPS) is 18.6. The van der Waals surface area contributed by atoms with Gasteiger partial charge in [-0.05, 0) is 51.4 Å². The number of aliphatic hydroxyl groups is 2. The van der Waals surface area contributed by atoms with Crippen molar-refractivity contribution in [1.29, 1.82) is 0 Å². The molecule has 0 amide bonds. The molecule has 1 saturated heterocycles. The number of carboxylic acid groups (broad SMARTS) is 1. The number of carboxylic acids is 1. The maximum absolute atomic E-state index is 13.1. The molecule has 0 saturated carbocycles. The van der Waals surface area contributed by atoms with Gasteiger partial charge in [0.1, 0.15) is 18.8 Å². The van der Waals surface area contributed by atoms with E-state index >= 15 is 0 Å². The van der Waals surface area contributed by atoms with Gasteiger partial charge in [0.05, 0.1) is 6.61 Å². The minimum absolute atomic E-state index is 0.0664. The largest absolute Gasteiger partial charge is 0.479 e. The van der Waals surface area contributed by atoms with Crippen LogP contribution in [0.3, 0.4) is 0 Å². The van der Waals surface area contributed by atoms with Gasteiger partial charge in [-0.15, -0.1) is 0 Å². The number of hydrogen-bond donors (Lipinski definition) is 3. The fraction of sp³-hybridized carbons (Fsp3) is 0.864. The molecule has 71 heavy (non-hydrogen) atoms. The van der Waals surface area contributed by atoms with E-state index in [1.54, 1.807) is 0 Å². The zero-order valence-electron chi connectivity index (χ0n) is 45.5. The molecule has 414 valence electrons. The number of unbranched alkanes of at least 4 members (excludes halogenated alkanes) is 32. The number of ether oxygens (including phenoxy) is 5. The van der Waals surface area contributed by atoms with Gasteiger partial charge in [-0.3, -0.25) is 14.4 Å². The Hall–Kier alpha value is -2.80. The second kappa shape index (κ2) is 48.2. The maximum Gasteiger partial charge on any atom is 0.335 e. The van der Waals surface area contributed by atoms with E-state index in [0.29, 0.717) is 19.3 Å². The fourth-order valence-corrected chi connectivity index (χ4v) is 8.99. The van der Waals surface area contributed by atoms with Gasteiger partial charge in [0, 0.05) is 19.3 Å². The lowest BCUT2D eigenvalue weighted by molar-refractivity contribution is -0.301. The predicted molar refractivity (Wildman–Crippen MR) is 285 cm³/mol. The summed E-state index contributed by atoms with van der Waals surface area (Å²) < 4.78 is 28.4. The van der Waals surface area contributed by atoms with Crippen molar-refractivity contribution >= 4 is 23.9 Å². The van der Waals surface area contributed by atoms with Crippen LogP contribution in [0, 0.1) is 0 Å². The smallest absolute Gasteiger partial charge is 0.335 e. The zero-order valence-corrected chi connectivity index (χ0v) is 45.5. The topological polar surface area (TPSA) is 175 Å². The Bertz CT molecular complexity index is 1340. The highest BCUT2D eigenvalue weighted by atomic mass is 16.7. The molecular weight excluding hydrogens is 901 g/mol. The lowest BCUT2D eigenvalue weighted by Crippen LogP contribution is -2.61. The Morgan fingerprint density at radius 2 is 0.845 bits per heavy atom. The van der Waals surface area contributed by atoms with Crippen LogP contribution in [0.5, 0.6) is 0 Å². The van der Waals surface area contributed by atoms with Crippen molar-refractivity contribution in [2.45, 2.75) is 314 Å². The molecular formula is C59H106O12. The molecule has 12 nitrogen and oxygen atoms in total. The molecule has 0 aromatic carbocycles. The predicted octanol–water partition coefficient (Wildman–Crippen LogP) is 14.7. The molecule has 0 aromatic rings. The van der Waals surface area contributed by atoms with Gasteiger partial charge < -0.3 is 39.0 Å². The van der Waals surface area contributed by atoms with E-state index in [-0.39, 0.29) is 25.9 Å². The minimum Gasteiger partial charge on any atom is -0.479 e. The highest BCUT2D eigenvalue weighted by Gasteiger charge is 2.50. The number of hydrogen-bond acceptors (Lipinski definition) is 11. The molecule has 6 atom stereocenters. The molecule has 0 radical (unpaired) electrons. The van der Waals surface area contributed by atoms with Crippen molar-refractivity contribution in [2.24, 2.45) is 0 Å². The van der Waals surface area contributed by atoms with E-state index in [1.807, 2.05) is 0 Å². The Morgan fingerprint density at radius 1 is 0.465 bits per heavy atom. The highest BCUT2D eigenvalue weighted by Crippen LogP contribution is 2.26. The van der Waals surface area contributed by atoms with Gasteiger partial charge in [0.25, 0.3) is 0 Å². The van der Waals surface area contributed by atoms with Crippen LogP contribution >= 0.6 is 0 Å². The van der Waals surface area contributed by atoms with E-state index in [0.717, 1.165) is 77.0 Å². The van der Waals surface area contributed by atoms with E-state index in [4.69, 9.17) is 23.7 Å². The summed E-state index contributed by atoms with van der Waals surface area (Å²) in [5.41, 5.74) is 0. The van der Waals surface area contributed by atoms with E-state index in [1.165, 1.54) is 141 Å². The van der Waals surface area contributed by atoms with Crippen LogP contribution in [0.25, 0.3) is 0 Å². The molecule has 0 bridgehead atoms. The molecule has 1 aliphatic rings. The molecule has 0 aromatic heterocycles. The minimum atomic E-state index is -1.90. The average Bonchev–Trinajstić information content (AvgIpc) is 3.35. The molecule has 1 rings (SSSR count). The summed E-state index contributed by atoms with van der Waals surface area (Å²) in [6, 6.07) is 0. The standard InChI is InChI=1S/C59H106O12/c1-4-7-10-13-16-19-22-23-24-25-26-27-28-29-32-33-36-39-42-45-51(60)67-48-50(69-52(61)46-43-40-37-34-30-20-17-14-11-8-5-2)49-68-59-57(55(64)54(63)56(71-59)58(65)66)70-53(62)47-44-41-38-35-31-21-18-15-12-9-6-3/h16,19,23-24,50,54-57,59,63-64H,4-15,17-18,20-22,25-49H2,1-3H3,(H,65,66)/b19-16-,24-23-. The van der Waals surface area contributed by atoms with Crippen LogP contribution in [0.15, 0.2) is 24.3 Å². The maximum atomic E-state index is 13.1. The molecule has 0 spiro atoms. The van der Waals surface area contributed by atoms with Gasteiger partial charge >= 0.3 is 23.9 Å². The Labute approximate surface area is 432 Å². The van der Waals surface area contributed by atoms with Crippen molar-refractivity contribution in [2.75, 3.05) is 13.2 Å². The first-order valence-corrected chi connectivity index (χ1v) is 29.3. The SMILES string of the molecule is CCCCC/C=C\C/C=C\CCCCCCCCCCCC(=O)OCC(COC1OC(C(=O)O)C(O)C(O)C1OC(=O)CCCCCCCCCCCCC)OC(=O)CCCCCCCCCCCCC. The summed E-state index contributed by atoms with van der Waals surface area (Å²) >= 11 is 0. The number of rotatable bonds is 50. The summed E-state index contributed by atoms with van der Waals surface area (Å²) in [7, 11) is 0. The van der Waals surface area contributed by atoms with Crippen LogP contribution in [0.1, 0.15) is 278 Å². The molecule has 12 heteroatoms. The lowest BCUT2D eigenvalue weighted by atomic mass is 9.98. The van der Waals surface area contributed by atoms with E-state index in [2.05, 4.69) is 45.1 Å². The monoisotopic (exact) mass is 1010 g/mol. The van der Waals surface area contributed by atoms with Gasteiger partial charge in [-0.2, -0.15) is 0 Å². The third kappa shape index (κ3) is 38.4. The highest BCUT2D eigenvalue weighted by molar-refractivity contribution is 5.74. The number of carbonyl (C=O) groups excluding carboxylic acids is 3. The van der Waals surface area contributed by atoms with Crippen LogP contribution in [0.4, 0.5) is 0 Å². The van der Waals surface area contributed by atoms with E-state index < -0.39 is 67.3 Å². The Balaban J connectivity index is 2.64. The summed E-state index contributed by atoms with van der Waals surface area (Å²) in [4.78, 5) is 51.0. The van der Waals surface area contributed by atoms with E-state index in [9.17, 15) is 34.5 Å². The molecule has 0 aliphatic carbocycles. The van der Waals surface area contributed by atoms with Gasteiger partial charge in [0.2, 0.25) is 0 Å². The Morgan fingerprint density at radius 3 is 1.30 bits per heavy atom. The van der Waals surface area contributed by atoms with Gasteiger partial charge in [-0.25, -0.2) is 4.79 Å². The third-order valence-electron chi connectivity index (χ3n) is 13.5. The first kappa shape index (κ1) is 66.2. The average molecular weight is 1010 g/mol. The quantitative estimate of drug-likeness (QED) is 0.0228. The van der Waals surface area contributed by atoms with Crippen molar-refractivity contribution in [1.82, 2.24) is 0 Å². The number of aliphatic carboxylic acids is 1. The molecule has 6 unspecified atom stereocenters. The molecule has 3 N–H and O–H groups in total. The number of carbonyl (C=O) groups is 4. The van der Waals surface area contributed by atoms with Gasteiger partial charge in [0.15, 0.2) is 24.6 Å².